The van der Waals surface area contributed by atoms with Crippen molar-refractivity contribution in [1.29, 1.82) is 0 Å². The molecule has 2 rings (SSSR count). The Hall–Kier alpha value is -1.16. The fraction of sp³-hybridized carbons (Fsp3) is 0. The molecule has 0 saturated carbocycles. The summed E-state index contributed by atoms with van der Waals surface area (Å²) in [7, 11) is 0. The molecule has 0 spiro atoms. The van der Waals surface area contributed by atoms with Crippen LogP contribution in [0, 0.1) is 0 Å². The summed E-state index contributed by atoms with van der Waals surface area (Å²) in [4.78, 5) is 14.6. The van der Waals surface area contributed by atoms with Crippen molar-refractivity contribution in [2.75, 3.05) is 0 Å². The Labute approximate surface area is 77.2 Å². The van der Waals surface area contributed by atoms with Gasteiger partial charge in [0.05, 0.1) is 17.4 Å². The van der Waals surface area contributed by atoms with Crippen LogP contribution >= 0.6 is 15.9 Å². The summed E-state index contributed by atoms with van der Waals surface area (Å²) in [6.07, 6.45) is 2.51. The third-order valence-corrected chi connectivity index (χ3v) is 2.22. The lowest BCUT2D eigenvalue weighted by Gasteiger charge is -1.97. The van der Waals surface area contributed by atoms with E-state index in [1.54, 1.807) is 16.7 Å². The molecule has 4 heteroatoms. The van der Waals surface area contributed by atoms with Crippen LogP contribution in [0.4, 0.5) is 0 Å². The van der Waals surface area contributed by atoms with Crippen LogP contribution in [-0.4, -0.2) is 15.7 Å². The predicted molar refractivity (Wildman–Crippen MR) is 48.3 cm³/mol. The molecule has 0 amide bonds. The van der Waals surface area contributed by atoms with E-state index in [4.69, 9.17) is 0 Å². The summed E-state index contributed by atoms with van der Waals surface area (Å²) in [6.45, 7) is 0. The van der Waals surface area contributed by atoms with Gasteiger partial charge >= 0.3 is 0 Å². The van der Waals surface area contributed by atoms with Crippen LogP contribution in [0.25, 0.3) is 5.52 Å². The first-order valence-corrected chi connectivity index (χ1v) is 4.19. The summed E-state index contributed by atoms with van der Waals surface area (Å²) >= 11 is 3.25. The molecule has 0 saturated heterocycles. The lowest BCUT2D eigenvalue weighted by Crippen LogP contribution is -1.93. The fourth-order valence-electron chi connectivity index (χ4n) is 1.13. The van der Waals surface area contributed by atoms with Gasteiger partial charge in [-0.15, -0.1) is 0 Å². The molecule has 0 radical (unpaired) electrons. The summed E-state index contributed by atoms with van der Waals surface area (Å²) in [5.41, 5.74) is 1.50. The molecule has 0 fully saturated rings. The van der Waals surface area contributed by atoms with Gasteiger partial charge in [-0.05, 0) is 28.1 Å². The Morgan fingerprint density at radius 2 is 2.33 bits per heavy atom. The summed E-state index contributed by atoms with van der Waals surface area (Å²) in [5, 5.41) is 0. The Morgan fingerprint density at radius 3 is 3.08 bits per heavy atom. The van der Waals surface area contributed by atoms with Gasteiger partial charge in [-0.3, -0.25) is 9.20 Å². The molecule has 0 aliphatic heterocycles. The molecule has 12 heavy (non-hydrogen) atoms. The molecule has 3 nitrogen and oxygen atoms in total. The molecule has 0 aliphatic carbocycles. The number of imidazole rings is 1. The quantitative estimate of drug-likeness (QED) is 0.694. The maximum atomic E-state index is 10.6. The Kier molecular flexibility index (Phi) is 1.69. The third-order valence-electron chi connectivity index (χ3n) is 1.66. The van der Waals surface area contributed by atoms with Crippen molar-refractivity contribution in [2.45, 2.75) is 0 Å². The minimum atomic E-state index is 0.594. The lowest BCUT2D eigenvalue weighted by atomic mass is 10.3. The third kappa shape index (κ3) is 0.956. The minimum absolute atomic E-state index is 0.594. The largest absolute Gasteiger partial charge is 0.296 e. The molecule has 2 aromatic rings. The first-order chi connectivity index (χ1) is 5.83. The maximum Gasteiger partial charge on any atom is 0.182 e. The molecular weight excluding hydrogens is 220 g/mol. The van der Waals surface area contributed by atoms with Crippen LogP contribution in [0.5, 0.6) is 0 Å². The molecule has 0 unspecified atom stereocenters. The standard InChI is InChI=1S/C8H5BrN2O/c9-8-10-4-6-2-1-3-7(5-12)11(6)8/h1-5H. The topological polar surface area (TPSA) is 34.4 Å². The van der Waals surface area contributed by atoms with E-state index < -0.39 is 0 Å². The van der Waals surface area contributed by atoms with Crippen molar-refractivity contribution >= 4 is 27.7 Å². The zero-order valence-corrected chi connectivity index (χ0v) is 7.65. The van der Waals surface area contributed by atoms with E-state index >= 15 is 0 Å². The van der Waals surface area contributed by atoms with E-state index in [1.807, 2.05) is 12.1 Å². The number of hydrogen-bond acceptors (Lipinski definition) is 2. The highest BCUT2D eigenvalue weighted by molar-refractivity contribution is 9.10. The van der Waals surface area contributed by atoms with E-state index in [9.17, 15) is 4.79 Å². The zero-order chi connectivity index (χ0) is 8.55. The van der Waals surface area contributed by atoms with Gasteiger partial charge in [0.15, 0.2) is 11.0 Å². The van der Waals surface area contributed by atoms with Gasteiger partial charge in [0.1, 0.15) is 0 Å². The van der Waals surface area contributed by atoms with Crippen LogP contribution in [0.3, 0.4) is 0 Å². The van der Waals surface area contributed by atoms with E-state index in [-0.39, 0.29) is 0 Å². The van der Waals surface area contributed by atoms with Crippen molar-refractivity contribution in [3.63, 3.8) is 0 Å². The Balaban J connectivity index is 2.93. The number of aromatic nitrogens is 2. The van der Waals surface area contributed by atoms with Crippen LogP contribution in [0.2, 0.25) is 0 Å². The Morgan fingerprint density at radius 1 is 1.50 bits per heavy atom. The van der Waals surface area contributed by atoms with E-state index in [0.29, 0.717) is 10.4 Å². The van der Waals surface area contributed by atoms with Gasteiger partial charge in [0, 0.05) is 0 Å². The first-order valence-electron chi connectivity index (χ1n) is 3.40. The van der Waals surface area contributed by atoms with Gasteiger partial charge in [-0.1, -0.05) is 6.07 Å². The molecule has 0 atom stereocenters. The average Bonchev–Trinajstić information content (AvgIpc) is 2.48. The van der Waals surface area contributed by atoms with Crippen molar-refractivity contribution in [1.82, 2.24) is 9.38 Å². The number of nitrogens with zero attached hydrogens (tertiary/aromatic N) is 2. The predicted octanol–water partition coefficient (Wildman–Crippen LogP) is 1.91. The SMILES string of the molecule is O=Cc1cccc2cnc(Br)n12. The monoisotopic (exact) mass is 224 g/mol. The number of pyridine rings is 1. The van der Waals surface area contributed by atoms with Gasteiger partial charge in [-0.2, -0.15) is 0 Å². The second kappa shape index (κ2) is 2.71. The van der Waals surface area contributed by atoms with Crippen LogP contribution in [-0.2, 0) is 0 Å². The summed E-state index contributed by atoms with van der Waals surface area (Å²) in [5.74, 6) is 0. The van der Waals surface area contributed by atoms with Crippen LogP contribution in [0.15, 0.2) is 29.1 Å². The first kappa shape index (κ1) is 7.49. The number of hydrogen-bond donors (Lipinski definition) is 0. The number of carbonyl (C=O) groups is 1. The van der Waals surface area contributed by atoms with Crippen LogP contribution in [0.1, 0.15) is 10.5 Å². The van der Waals surface area contributed by atoms with Gasteiger partial charge in [0.2, 0.25) is 0 Å². The van der Waals surface area contributed by atoms with E-state index in [2.05, 4.69) is 20.9 Å². The summed E-state index contributed by atoms with van der Waals surface area (Å²) in [6, 6.07) is 5.46. The van der Waals surface area contributed by atoms with E-state index in [1.165, 1.54) is 0 Å². The van der Waals surface area contributed by atoms with E-state index in [0.717, 1.165) is 11.8 Å². The number of aldehydes is 1. The number of halogens is 1. The molecular formula is C8H5BrN2O. The molecule has 0 aromatic carbocycles. The highest BCUT2D eigenvalue weighted by atomic mass is 79.9. The highest BCUT2D eigenvalue weighted by Crippen LogP contribution is 2.13. The molecule has 2 heterocycles. The smallest absolute Gasteiger partial charge is 0.182 e. The fourth-order valence-corrected chi connectivity index (χ4v) is 1.64. The van der Waals surface area contributed by atoms with Gasteiger partial charge < -0.3 is 0 Å². The van der Waals surface area contributed by atoms with Gasteiger partial charge in [-0.25, -0.2) is 4.98 Å². The molecule has 60 valence electrons. The number of carbonyl (C=O) groups excluding carboxylic acids is 1. The molecule has 2 aromatic heterocycles. The Bertz CT molecular complexity index is 436. The molecule has 0 aliphatic rings. The summed E-state index contributed by atoms with van der Waals surface area (Å²) < 4.78 is 2.40. The average molecular weight is 225 g/mol. The van der Waals surface area contributed by atoms with Crippen molar-refractivity contribution in [3.8, 4) is 0 Å². The number of fused-ring (bicyclic) bond motifs is 1. The van der Waals surface area contributed by atoms with Crippen molar-refractivity contribution in [2.24, 2.45) is 0 Å². The zero-order valence-electron chi connectivity index (χ0n) is 6.07. The second-order valence-electron chi connectivity index (χ2n) is 2.36. The highest BCUT2D eigenvalue weighted by Gasteiger charge is 2.02. The van der Waals surface area contributed by atoms with Crippen molar-refractivity contribution in [3.05, 3.63) is 34.8 Å². The van der Waals surface area contributed by atoms with Crippen LogP contribution < -0.4 is 0 Å². The minimum Gasteiger partial charge on any atom is -0.296 e. The second-order valence-corrected chi connectivity index (χ2v) is 3.07. The van der Waals surface area contributed by atoms with Gasteiger partial charge in [0.25, 0.3) is 0 Å². The molecule has 0 bridgehead atoms. The normalized spacial score (nSPS) is 10.4. The van der Waals surface area contributed by atoms with Crippen molar-refractivity contribution < 1.29 is 4.79 Å². The molecule has 0 N–H and O–H groups in total. The lowest BCUT2D eigenvalue weighted by molar-refractivity contribution is 0.111. The maximum absolute atomic E-state index is 10.6. The number of rotatable bonds is 1.